The van der Waals surface area contributed by atoms with Crippen LogP contribution in [0.2, 0.25) is 0 Å². The number of aliphatic hydroxyl groups excluding tert-OH is 1. The van der Waals surface area contributed by atoms with Crippen molar-refractivity contribution < 1.29 is 5.11 Å². The van der Waals surface area contributed by atoms with E-state index < -0.39 is 0 Å². The topological polar surface area (TPSA) is 26.7 Å². The van der Waals surface area contributed by atoms with Crippen molar-refractivity contribution in [1.82, 2.24) is 9.80 Å². The molecule has 1 aromatic carbocycles. The number of hydrogen-bond acceptors (Lipinski definition) is 3. The Morgan fingerprint density at radius 3 is 2.40 bits per heavy atom. The molecular weight excluding hydrogens is 272 g/mol. The normalized spacial score (nSPS) is 19.2. The highest BCUT2D eigenvalue weighted by Gasteiger charge is 2.20. The summed E-state index contributed by atoms with van der Waals surface area (Å²) in [4.78, 5) is 4.72. The fraction of sp³-hybridized carbons (Fsp3) is 0.625. The first-order valence-corrected chi connectivity index (χ1v) is 7.80. The zero-order valence-corrected chi connectivity index (χ0v) is 13.2. The van der Waals surface area contributed by atoms with Crippen LogP contribution in [-0.2, 0) is 0 Å². The zero-order chi connectivity index (χ0) is 14.5. The van der Waals surface area contributed by atoms with Crippen LogP contribution in [0.4, 0.5) is 0 Å². The molecule has 0 radical (unpaired) electrons. The second kappa shape index (κ2) is 7.41. The number of hydrogen-bond donors (Lipinski definition) is 1. The lowest BCUT2D eigenvalue weighted by atomic mass is 10.0. The van der Waals surface area contributed by atoms with E-state index in [0.29, 0.717) is 0 Å². The number of aliphatic hydroxyl groups is 1. The highest BCUT2D eigenvalue weighted by molar-refractivity contribution is 6.21. The minimum Gasteiger partial charge on any atom is -0.395 e. The molecule has 4 heteroatoms. The van der Waals surface area contributed by atoms with Gasteiger partial charge in [0.25, 0.3) is 0 Å². The molecular formula is C16H25ClN2O. The number of nitrogens with zero attached hydrogens (tertiary/aromatic N) is 2. The molecule has 112 valence electrons. The van der Waals surface area contributed by atoms with Crippen molar-refractivity contribution >= 4 is 11.6 Å². The van der Waals surface area contributed by atoms with Gasteiger partial charge in [-0.3, -0.25) is 9.80 Å². The standard InChI is InChI=1S/C16H25ClN2O/c1-13-3-4-15(14(2)11-13)16(17)12-19-7-5-18(6-8-19)9-10-20/h3-4,11,16,20H,5-10,12H2,1-2H3. The van der Waals surface area contributed by atoms with Gasteiger partial charge in [-0.1, -0.05) is 23.8 Å². The van der Waals surface area contributed by atoms with E-state index in [4.69, 9.17) is 16.7 Å². The van der Waals surface area contributed by atoms with Gasteiger partial charge in [-0.05, 0) is 25.0 Å². The van der Waals surface area contributed by atoms with E-state index in [1.54, 1.807) is 0 Å². The predicted molar refractivity (Wildman–Crippen MR) is 84.5 cm³/mol. The third-order valence-corrected chi connectivity index (χ3v) is 4.44. The van der Waals surface area contributed by atoms with Crippen LogP contribution < -0.4 is 0 Å². The van der Waals surface area contributed by atoms with Gasteiger partial charge in [0, 0.05) is 39.3 Å². The van der Waals surface area contributed by atoms with Crippen molar-refractivity contribution in [2.75, 3.05) is 45.9 Å². The molecule has 0 amide bonds. The molecule has 1 N–H and O–H groups in total. The van der Waals surface area contributed by atoms with Crippen molar-refractivity contribution in [3.63, 3.8) is 0 Å². The Morgan fingerprint density at radius 1 is 1.15 bits per heavy atom. The van der Waals surface area contributed by atoms with Gasteiger partial charge in [0.2, 0.25) is 0 Å². The van der Waals surface area contributed by atoms with Crippen LogP contribution >= 0.6 is 11.6 Å². The Hall–Kier alpha value is -0.610. The number of piperazine rings is 1. The first kappa shape index (κ1) is 15.8. The fourth-order valence-electron chi connectivity index (χ4n) is 2.84. The Morgan fingerprint density at radius 2 is 1.80 bits per heavy atom. The summed E-state index contributed by atoms with van der Waals surface area (Å²) in [6.07, 6.45) is 0. The monoisotopic (exact) mass is 296 g/mol. The van der Waals surface area contributed by atoms with Crippen LogP contribution in [0.25, 0.3) is 0 Å². The van der Waals surface area contributed by atoms with Crippen molar-refractivity contribution in [3.05, 3.63) is 34.9 Å². The largest absolute Gasteiger partial charge is 0.395 e. The highest BCUT2D eigenvalue weighted by atomic mass is 35.5. The average molecular weight is 297 g/mol. The predicted octanol–water partition coefficient (Wildman–Crippen LogP) is 2.19. The Balaban J connectivity index is 1.87. The Bertz CT molecular complexity index is 430. The third kappa shape index (κ3) is 4.19. The van der Waals surface area contributed by atoms with Crippen molar-refractivity contribution in [2.24, 2.45) is 0 Å². The molecule has 0 saturated carbocycles. The van der Waals surface area contributed by atoms with Crippen LogP contribution in [0, 0.1) is 13.8 Å². The molecule has 1 unspecified atom stereocenters. The minimum atomic E-state index is 0.0555. The molecule has 1 aromatic rings. The van der Waals surface area contributed by atoms with Crippen LogP contribution in [0.5, 0.6) is 0 Å². The van der Waals surface area contributed by atoms with E-state index in [2.05, 4.69) is 41.8 Å². The summed E-state index contributed by atoms with van der Waals surface area (Å²) in [7, 11) is 0. The summed E-state index contributed by atoms with van der Waals surface area (Å²) < 4.78 is 0. The number of halogens is 1. The zero-order valence-electron chi connectivity index (χ0n) is 12.5. The van der Waals surface area contributed by atoms with E-state index in [-0.39, 0.29) is 12.0 Å². The molecule has 1 saturated heterocycles. The van der Waals surface area contributed by atoms with E-state index in [1.807, 2.05) is 0 Å². The molecule has 1 fully saturated rings. The van der Waals surface area contributed by atoms with Gasteiger partial charge >= 0.3 is 0 Å². The number of β-amino-alcohol motifs (C(OH)–C–C–N with tert-alkyl or cyclic N) is 1. The van der Waals surface area contributed by atoms with Gasteiger partial charge in [0.15, 0.2) is 0 Å². The van der Waals surface area contributed by atoms with Gasteiger partial charge in [-0.2, -0.15) is 0 Å². The Kier molecular flexibility index (Phi) is 5.85. The van der Waals surface area contributed by atoms with E-state index in [1.165, 1.54) is 16.7 Å². The van der Waals surface area contributed by atoms with Gasteiger partial charge in [0.05, 0.1) is 12.0 Å². The molecule has 3 nitrogen and oxygen atoms in total. The molecule has 0 aromatic heterocycles. The van der Waals surface area contributed by atoms with Crippen LogP contribution in [0.15, 0.2) is 18.2 Å². The first-order valence-electron chi connectivity index (χ1n) is 7.37. The lowest BCUT2D eigenvalue weighted by Gasteiger charge is -2.35. The number of alkyl halides is 1. The summed E-state index contributed by atoms with van der Waals surface area (Å²) >= 11 is 6.60. The maximum absolute atomic E-state index is 8.96. The van der Waals surface area contributed by atoms with Crippen LogP contribution in [0.1, 0.15) is 22.1 Å². The molecule has 0 spiro atoms. The van der Waals surface area contributed by atoms with Gasteiger partial charge in [-0.25, -0.2) is 0 Å². The second-order valence-corrected chi connectivity index (χ2v) is 6.22. The summed E-state index contributed by atoms with van der Waals surface area (Å²) in [6.45, 7) is 10.3. The Labute approximate surface area is 127 Å². The molecule has 1 atom stereocenters. The summed E-state index contributed by atoms with van der Waals surface area (Å²) in [5.41, 5.74) is 3.81. The lowest BCUT2D eigenvalue weighted by Crippen LogP contribution is -2.47. The summed E-state index contributed by atoms with van der Waals surface area (Å²) in [6, 6.07) is 6.49. The first-order chi connectivity index (χ1) is 9.60. The van der Waals surface area contributed by atoms with E-state index in [9.17, 15) is 0 Å². The van der Waals surface area contributed by atoms with E-state index in [0.717, 1.165) is 39.3 Å². The average Bonchev–Trinajstić information content (AvgIpc) is 2.41. The quantitative estimate of drug-likeness (QED) is 0.844. The minimum absolute atomic E-state index is 0.0555. The molecule has 2 rings (SSSR count). The number of benzene rings is 1. The molecule has 0 aliphatic carbocycles. The van der Waals surface area contributed by atoms with Crippen LogP contribution in [0.3, 0.4) is 0 Å². The van der Waals surface area contributed by atoms with Crippen molar-refractivity contribution in [3.8, 4) is 0 Å². The van der Waals surface area contributed by atoms with Gasteiger partial charge in [-0.15, -0.1) is 11.6 Å². The number of rotatable bonds is 5. The molecule has 1 aliphatic heterocycles. The SMILES string of the molecule is Cc1ccc(C(Cl)CN2CCN(CCO)CC2)c(C)c1. The molecule has 1 heterocycles. The third-order valence-electron chi connectivity index (χ3n) is 4.06. The van der Waals surface area contributed by atoms with Gasteiger partial charge < -0.3 is 5.11 Å². The number of aryl methyl sites for hydroxylation is 2. The maximum atomic E-state index is 8.96. The molecule has 0 bridgehead atoms. The fourth-order valence-corrected chi connectivity index (χ4v) is 3.28. The lowest BCUT2D eigenvalue weighted by molar-refractivity contribution is 0.112. The van der Waals surface area contributed by atoms with Crippen molar-refractivity contribution in [2.45, 2.75) is 19.2 Å². The smallest absolute Gasteiger partial charge is 0.0714 e. The summed E-state index contributed by atoms with van der Waals surface area (Å²) in [5.74, 6) is 0. The summed E-state index contributed by atoms with van der Waals surface area (Å²) in [5, 5.41) is 9.01. The maximum Gasteiger partial charge on any atom is 0.0714 e. The van der Waals surface area contributed by atoms with E-state index >= 15 is 0 Å². The van der Waals surface area contributed by atoms with Gasteiger partial charge in [0.1, 0.15) is 0 Å². The second-order valence-electron chi connectivity index (χ2n) is 5.69. The highest BCUT2D eigenvalue weighted by Crippen LogP contribution is 2.26. The molecule has 20 heavy (non-hydrogen) atoms. The molecule has 1 aliphatic rings. The van der Waals surface area contributed by atoms with Crippen LogP contribution in [-0.4, -0.2) is 60.8 Å². The van der Waals surface area contributed by atoms with Crippen molar-refractivity contribution in [1.29, 1.82) is 0 Å².